The summed E-state index contributed by atoms with van der Waals surface area (Å²) in [7, 11) is 0. The van der Waals surface area contributed by atoms with Crippen LogP contribution in [0.15, 0.2) is 73.0 Å². The van der Waals surface area contributed by atoms with Gasteiger partial charge in [0.2, 0.25) is 0 Å². The van der Waals surface area contributed by atoms with Crippen LogP contribution in [0.1, 0.15) is 5.56 Å². The molecule has 152 valence electrons. The molecule has 0 spiro atoms. The predicted octanol–water partition coefficient (Wildman–Crippen LogP) is 4.27. The lowest BCUT2D eigenvalue weighted by atomic mass is 10.1. The van der Waals surface area contributed by atoms with Gasteiger partial charge in [-0.15, -0.1) is 11.8 Å². The Kier molecular flexibility index (Phi) is 7.38. The zero-order valence-corrected chi connectivity index (χ0v) is 17.7. The maximum Gasteiger partial charge on any atom is 0.0960 e. The van der Waals surface area contributed by atoms with E-state index in [1.54, 1.807) is 6.20 Å². The second kappa shape index (κ2) is 10.2. The lowest BCUT2D eigenvalue weighted by Gasteiger charge is -2.36. The molecule has 0 atom stereocenters. The number of anilines is 3. The van der Waals surface area contributed by atoms with Crippen LogP contribution in [0.5, 0.6) is 0 Å². The third-order valence-corrected chi connectivity index (χ3v) is 5.75. The number of benzene rings is 2. The molecule has 0 aliphatic carbocycles. The van der Waals surface area contributed by atoms with E-state index in [1.165, 1.54) is 17.4 Å². The minimum Gasteiger partial charge on any atom is -0.404 e. The molecule has 0 aromatic heterocycles. The molecule has 0 radical (unpaired) electrons. The highest BCUT2D eigenvalue weighted by Gasteiger charge is 2.19. The fraction of sp³-hybridized carbons (Fsp3) is 0.261. The Balaban J connectivity index is 1.76. The number of para-hydroxylation sites is 1. The minimum atomic E-state index is 0.560. The van der Waals surface area contributed by atoms with E-state index in [1.807, 2.05) is 42.7 Å². The second-order valence-corrected chi connectivity index (χ2v) is 7.78. The molecule has 0 saturated carbocycles. The number of nitrogens with zero attached hydrogens (tertiary/aromatic N) is 2. The van der Waals surface area contributed by atoms with Crippen molar-refractivity contribution in [1.29, 1.82) is 5.41 Å². The minimum absolute atomic E-state index is 0.560. The van der Waals surface area contributed by atoms with Crippen molar-refractivity contribution in [1.82, 2.24) is 4.90 Å². The van der Waals surface area contributed by atoms with Crippen LogP contribution in [0.3, 0.4) is 0 Å². The molecule has 2 aromatic rings. The van der Waals surface area contributed by atoms with Gasteiger partial charge in [-0.05, 0) is 48.4 Å². The Labute approximate surface area is 177 Å². The van der Waals surface area contributed by atoms with Crippen LogP contribution in [0.2, 0.25) is 0 Å². The SMILES string of the molecule is C=C/C(=C\N)CN1CCN(c2ccc(C(=N)SC)c(Nc3ccccc3)c2)CC1. The summed E-state index contributed by atoms with van der Waals surface area (Å²) in [5, 5.41) is 12.4. The molecule has 1 fully saturated rings. The van der Waals surface area contributed by atoms with E-state index in [0.29, 0.717) is 5.04 Å². The highest BCUT2D eigenvalue weighted by Crippen LogP contribution is 2.29. The van der Waals surface area contributed by atoms with Crippen molar-refractivity contribution in [3.05, 3.63) is 78.5 Å². The Morgan fingerprint density at radius 2 is 1.90 bits per heavy atom. The maximum absolute atomic E-state index is 8.31. The first-order chi connectivity index (χ1) is 14.1. The van der Waals surface area contributed by atoms with Gasteiger partial charge in [-0.1, -0.05) is 30.9 Å². The van der Waals surface area contributed by atoms with E-state index in [9.17, 15) is 0 Å². The van der Waals surface area contributed by atoms with Crippen molar-refractivity contribution < 1.29 is 0 Å². The Bertz CT molecular complexity index is 870. The quantitative estimate of drug-likeness (QED) is 0.363. The zero-order valence-electron chi connectivity index (χ0n) is 16.9. The first kappa shape index (κ1) is 21.0. The van der Waals surface area contributed by atoms with Gasteiger partial charge in [0.25, 0.3) is 0 Å². The van der Waals surface area contributed by atoms with Gasteiger partial charge in [0.1, 0.15) is 0 Å². The van der Waals surface area contributed by atoms with Gasteiger partial charge in [-0.2, -0.15) is 0 Å². The summed E-state index contributed by atoms with van der Waals surface area (Å²) in [4.78, 5) is 4.80. The van der Waals surface area contributed by atoms with E-state index in [2.05, 4.69) is 39.9 Å². The molecule has 5 nitrogen and oxygen atoms in total. The largest absolute Gasteiger partial charge is 0.404 e. The highest BCUT2D eigenvalue weighted by atomic mass is 32.2. The van der Waals surface area contributed by atoms with E-state index < -0.39 is 0 Å². The molecule has 1 heterocycles. The van der Waals surface area contributed by atoms with Crippen LogP contribution in [0.25, 0.3) is 0 Å². The van der Waals surface area contributed by atoms with Crippen molar-refractivity contribution in [3.63, 3.8) is 0 Å². The standard InChI is InChI=1S/C23H29N5S/c1-3-18(16-24)17-27-11-13-28(14-12-27)20-9-10-21(23(25)29-2)22(15-20)26-19-7-5-4-6-8-19/h3-10,15-16,25-26H,1,11-14,17,24H2,2H3/b18-16+,25-23?. The summed E-state index contributed by atoms with van der Waals surface area (Å²) in [6.45, 7) is 8.54. The molecule has 0 unspecified atom stereocenters. The second-order valence-electron chi connectivity index (χ2n) is 6.96. The number of piperazine rings is 1. The summed E-state index contributed by atoms with van der Waals surface area (Å²) in [5.41, 5.74) is 10.8. The smallest absolute Gasteiger partial charge is 0.0960 e. The summed E-state index contributed by atoms with van der Waals surface area (Å²) in [6.07, 6.45) is 5.41. The first-order valence-corrected chi connectivity index (χ1v) is 11.0. The van der Waals surface area contributed by atoms with Crippen molar-refractivity contribution in [2.75, 3.05) is 49.2 Å². The molecular weight excluding hydrogens is 378 g/mol. The molecule has 4 N–H and O–H groups in total. The lowest BCUT2D eigenvalue weighted by Crippen LogP contribution is -2.46. The van der Waals surface area contributed by atoms with Gasteiger partial charge in [-0.3, -0.25) is 10.3 Å². The van der Waals surface area contributed by atoms with Crippen LogP contribution in [-0.2, 0) is 0 Å². The predicted molar refractivity (Wildman–Crippen MR) is 128 cm³/mol. The Morgan fingerprint density at radius 1 is 1.17 bits per heavy atom. The van der Waals surface area contributed by atoms with Gasteiger partial charge in [-0.25, -0.2) is 0 Å². The van der Waals surface area contributed by atoms with Crippen molar-refractivity contribution in [2.45, 2.75) is 0 Å². The van der Waals surface area contributed by atoms with E-state index in [-0.39, 0.29) is 0 Å². The number of nitrogens with one attached hydrogen (secondary N) is 2. The van der Waals surface area contributed by atoms with Gasteiger partial charge >= 0.3 is 0 Å². The van der Waals surface area contributed by atoms with Gasteiger partial charge < -0.3 is 16.0 Å². The number of nitrogens with two attached hydrogens (primary N) is 1. The molecule has 1 saturated heterocycles. The van der Waals surface area contributed by atoms with Crippen LogP contribution < -0.4 is 16.0 Å². The van der Waals surface area contributed by atoms with Crippen molar-refractivity contribution >= 4 is 33.9 Å². The molecule has 3 rings (SSSR count). The summed E-state index contributed by atoms with van der Waals surface area (Å²) < 4.78 is 0. The van der Waals surface area contributed by atoms with Crippen LogP contribution in [0.4, 0.5) is 17.1 Å². The molecule has 6 heteroatoms. The van der Waals surface area contributed by atoms with Gasteiger partial charge in [0.15, 0.2) is 0 Å². The summed E-state index contributed by atoms with van der Waals surface area (Å²) in [6, 6.07) is 16.5. The number of thioether (sulfide) groups is 1. The third-order valence-electron chi connectivity index (χ3n) is 5.12. The molecule has 0 amide bonds. The van der Waals surface area contributed by atoms with Crippen molar-refractivity contribution in [2.24, 2.45) is 5.73 Å². The molecule has 2 aromatic carbocycles. The fourth-order valence-corrected chi connectivity index (χ4v) is 3.82. The monoisotopic (exact) mass is 407 g/mol. The first-order valence-electron chi connectivity index (χ1n) is 9.74. The summed E-state index contributed by atoms with van der Waals surface area (Å²) >= 11 is 1.45. The highest BCUT2D eigenvalue weighted by molar-refractivity contribution is 8.13. The molecule has 1 aliphatic rings. The van der Waals surface area contributed by atoms with Crippen LogP contribution >= 0.6 is 11.8 Å². The van der Waals surface area contributed by atoms with E-state index in [0.717, 1.165) is 55.2 Å². The normalized spacial score (nSPS) is 15.2. The third kappa shape index (κ3) is 5.43. The Morgan fingerprint density at radius 3 is 2.52 bits per heavy atom. The Hall–Kier alpha value is -2.70. The molecule has 29 heavy (non-hydrogen) atoms. The maximum atomic E-state index is 8.31. The van der Waals surface area contributed by atoms with Crippen LogP contribution in [0, 0.1) is 5.41 Å². The fourth-order valence-electron chi connectivity index (χ4n) is 3.42. The number of rotatable bonds is 7. The molecule has 1 aliphatic heterocycles. The lowest BCUT2D eigenvalue weighted by molar-refractivity contribution is 0.280. The summed E-state index contributed by atoms with van der Waals surface area (Å²) in [5.74, 6) is 0. The van der Waals surface area contributed by atoms with E-state index >= 15 is 0 Å². The molecule has 0 bridgehead atoms. The average molecular weight is 408 g/mol. The average Bonchev–Trinajstić information content (AvgIpc) is 2.78. The number of hydrogen-bond donors (Lipinski definition) is 3. The number of hydrogen-bond acceptors (Lipinski definition) is 6. The van der Waals surface area contributed by atoms with Crippen molar-refractivity contribution in [3.8, 4) is 0 Å². The molecular formula is C23H29N5S. The van der Waals surface area contributed by atoms with Crippen LogP contribution in [-0.4, -0.2) is 48.9 Å². The zero-order chi connectivity index (χ0) is 20.6. The van der Waals surface area contributed by atoms with E-state index in [4.69, 9.17) is 11.1 Å². The van der Waals surface area contributed by atoms with Gasteiger partial charge in [0, 0.05) is 49.7 Å². The van der Waals surface area contributed by atoms with Gasteiger partial charge in [0.05, 0.1) is 10.7 Å². The topological polar surface area (TPSA) is 68.4 Å².